The van der Waals surface area contributed by atoms with Gasteiger partial charge in [-0.05, 0) is 75.3 Å². The van der Waals surface area contributed by atoms with E-state index in [0.29, 0.717) is 24.5 Å². The average Bonchev–Trinajstić information content (AvgIpc) is 3.33. The van der Waals surface area contributed by atoms with Gasteiger partial charge in [0.05, 0.1) is 22.5 Å². The number of carbonyl (C=O) groups is 2. The first kappa shape index (κ1) is 20.0. The van der Waals surface area contributed by atoms with Crippen molar-refractivity contribution in [3.05, 3.63) is 29.8 Å². The highest BCUT2D eigenvalue weighted by molar-refractivity contribution is 5.81. The van der Waals surface area contributed by atoms with Crippen molar-refractivity contribution < 1.29 is 18.7 Å². The lowest BCUT2D eigenvalue weighted by Gasteiger charge is -2.58. The fourth-order valence-electron chi connectivity index (χ4n) is 7.43. The normalized spacial score (nSPS) is 35.6. The van der Waals surface area contributed by atoms with Crippen molar-refractivity contribution in [2.75, 3.05) is 13.1 Å². The predicted octanol–water partition coefficient (Wildman–Crippen LogP) is 3.55. The molecule has 4 bridgehead atoms. The van der Waals surface area contributed by atoms with Crippen LogP contribution in [0.4, 0.5) is 9.18 Å². The van der Waals surface area contributed by atoms with Crippen molar-refractivity contribution in [1.82, 2.24) is 14.5 Å². The maximum Gasteiger partial charge on any atom is 0.410 e. The van der Waals surface area contributed by atoms with Crippen molar-refractivity contribution >= 4 is 23.0 Å². The molecule has 4 aliphatic carbocycles. The molecule has 5 aliphatic rings. The number of fused-ring (bicyclic) bond motifs is 1. The van der Waals surface area contributed by atoms with Gasteiger partial charge in [-0.25, -0.2) is 14.2 Å². The summed E-state index contributed by atoms with van der Waals surface area (Å²) >= 11 is 0. The van der Waals surface area contributed by atoms with Crippen molar-refractivity contribution in [3.63, 3.8) is 0 Å². The number of nitrogens with two attached hydrogens (primary N) is 1. The summed E-state index contributed by atoms with van der Waals surface area (Å²) in [7, 11) is 0. The van der Waals surface area contributed by atoms with Crippen LogP contribution in [0.15, 0.2) is 18.2 Å². The molecule has 0 spiro atoms. The van der Waals surface area contributed by atoms with Gasteiger partial charge in [-0.15, -0.1) is 0 Å². The number of hydrogen-bond donors (Lipinski definition) is 1. The minimum Gasteiger partial charge on any atom is -0.446 e. The lowest BCUT2D eigenvalue weighted by Crippen LogP contribution is -2.59. The summed E-state index contributed by atoms with van der Waals surface area (Å²) in [4.78, 5) is 31.5. The molecule has 5 fully saturated rings. The highest BCUT2D eigenvalue weighted by Crippen LogP contribution is 2.60. The number of imidazole rings is 1. The van der Waals surface area contributed by atoms with Crippen LogP contribution in [0, 0.1) is 35.9 Å². The minimum absolute atomic E-state index is 0.0923. The predicted molar refractivity (Wildman–Crippen MR) is 115 cm³/mol. The minimum atomic E-state index is -0.377. The Balaban J connectivity index is 1.16. The van der Waals surface area contributed by atoms with E-state index < -0.39 is 0 Å². The number of amides is 2. The molecule has 7 nitrogen and oxygen atoms in total. The summed E-state index contributed by atoms with van der Waals surface area (Å²) in [5, 5.41) is 0. The maximum atomic E-state index is 13.6. The number of aryl methyl sites for hydroxylation is 1. The number of aromatic nitrogens is 2. The molecule has 8 heteroatoms. The Morgan fingerprint density at radius 2 is 1.97 bits per heavy atom. The smallest absolute Gasteiger partial charge is 0.410 e. The van der Waals surface area contributed by atoms with Crippen molar-refractivity contribution in [1.29, 1.82) is 0 Å². The van der Waals surface area contributed by atoms with Gasteiger partial charge in [0.15, 0.2) is 0 Å². The summed E-state index contributed by atoms with van der Waals surface area (Å²) in [5.74, 6) is 1.37. The Morgan fingerprint density at radius 3 is 2.69 bits per heavy atom. The number of likely N-dealkylation sites (tertiary alicyclic amines) is 1. The lowest BCUT2D eigenvalue weighted by atomic mass is 9.48. The fourth-order valence-corrected chi connectivity index (χ4v) is 7.43. The van der Waals surface area contributed by atoms with Gasteiger partial charge in [-0.3, -0.25) is 4.79 Å². The Labute approximate surface area is 186 Å². The number of nitrogens with zero attached hydrogens (tertiary/aromatic N) is 3. The van der Waals surface area contributed by atoms with E-state index >= 15 is 0 Å². The monoisotopic (exact) mass is 440 g/mol. The first-order chi connectivity index (χ1) is 15.3. The van der Waals surface area contributed by atoms with Gasteiger partial charge in [-0.2, -0.15) is 0 Å². The van der Waals surface area contributed by atoms with E-state index in [2.05, 4.69) is 9.55 Å². The van der Waals surface area contributed by atoms with Crippen LogP contribution in [-0.2, 0) is 9.53 Å². The summed E-state index contributed by atoms with van der Waals surface area (Å²) in [6.07, 6.45) is 4.93. The molecule has 2 aromatic rings. The Bertz CT molecular complexity index is 1100. The Hall–Kier alpha value is -2.64. The van der Waals surface area contributed by atoms with Gasteiger partial charge >= 0.3 is 6.09 Å². The van der Waals surface area contributed by atoms with Crippen molar-refractivity contribution in [2.24, 2.45) is 28.9 Å². The number of primary amides is 1. The molecule has 7 rings (SSSR count). The quantitative estimate of drug-likeness (QED) is 0.790. The third kappa shape index (κ3) is 2.94. The zero-order valence-corrected chi connectivity index (χ0v) is 18.3. The topological polar surface area (TPSA) is 90.4 Å². The first-order valence-electron chi connectivity index (χ1n) is 11.7. The molecule has 170 valence electrons. The zero-order valence-electron chi connectivity index (χ0n) is 18.3. The summed E-state index contributed by atoms with van der Waals surface area (Å²) in [5.41, 5.74) is 6.93. The summed E-state index contributed by atoms with van der Waals surface area (Å²) in [6.45, 7) is 3.10. The van der Waals surface area contributed by atoms with E-state index in [0.717, 1.165) is 49.9 Å². The molecule has 4 saturated carbocycles. The summed E-state index contributed by atoms with van der Waals surface area (Å²) in [6, 6.07) is 4.75. The van der Waals surface area contributed by atoms with Crippen molar-refractivity contribution in [3.8, 4) is 0 Å². The second-order valence-corrected chi connectivity index (χ2v) is 10.5. The molecule has 1 aromatic heterocycles. The van der Waals surface area contributed by atoms with Crippen molar-refractivity contribution in [2.45, 2.75) is 57.6 Å². The molecule has 1 saturated heterocycles. The zero-order chi connectivity index (χ0) is 22.2. The van der Waals surface area contributed by atoms with Crippen LogP contribution in [0.3, 0.4) is 0 Å². The van der Waals surface area contributed by atoms with E-state index in [4.69, 9.17) is 10.5 Å². The van der Waals surface area contributed by atoms with Gasteiger partial charge in [0.25, 0.3) is 0 Å². The van der Waals surface area contributed by atoms with Crippen LogP contribution in [-0.4, -0.2) is 45.6 Å². The molecule has 2 N–H and O–H groups in total. The number of carbonyl (C=O) groups excluding carboxylic acids is 2. The SMILES string of the molecule is Cc1nc2cc(F)ccc2n1[C@H]1CCN(C(=O)OC2C3CC4CC2CC(C(N)=O)(C4)C3)C1. The molecule has 3 atom stereocenters. The molecule has 1 aliphatic heterocycles. The Kier molecular flexibility index (Phi) is 4.33. The number of benzene rings is 1. The number of halogens is 1. The third-order valence-corrected chi connectivity index (χ3v) is 8.56. The Morgan fingerprint density at radius 1 is 1.22 bits per heavy atom. The van der Waals surface area contributed by atoms with E-state index in [1.54, 1.807) is 11.0 Å². The molecular weight excluding hydrogens is 411 g/mol. The van der Waals surface area contributed by atoms with Crippen LogP contribution in [0.1, 0.15) is 50.4 Å². The molecule has 1 aromatic carbocycles. The molecule has 2 unspecified atom stereocenters. The third-order valence-electron chi connectivity index (χ3n) is 8.56. The van der Waals surface area contributed by atoms with E-state index in [9.17, 15) is 14.0 Å². The second kappa shape index (κ2) is 6.93. The summed E-state index contributed by atoms with van der Waals surface area (Å²) < 4.78 is 21.8. The molecule has 2 heterocycles. The van der Waals surface area contributed by atoms with Crippen LogP contribution in [0.25, 0.3) is 11.0 Å². The number of hydrogen-bond acceptors (Lipinski definition) is 4. The molecule has 32 heavy (non-hydrogen) atoms. The molecular formula is C24H29FN4O3. The molecule has 0 radical (unpaired) electrons. The first-order valence-corrected chi connectivity index (χ1v) is 11.7. The van der Waals surface area contributed by atoms with Gasteiger partial charge < -0.3 is 19.9 Å². The van der Waals surface area contributed by atoms with Gasteiger partial charge in [-0.1, -0.05) is 0 Å². The molecule has 2 amide bonds. The van der Waals surface area contributed by atoms with Crippen LogP contribution < -0.4 is 5.73 Å². The standard InChI is InChI=1S/C24H29FN4O3/c1-13-27-19-8-17(25)2-3-20(19)29(13)18-4-5-28(12-18)23(31)32-21-15-6-14-7-16(21)11-24(9-14,10-15)22(26)30/h2-3,8,14-16,18,21H,4-7,9-12H2,1H3,(H2,26,30)/t14?,15?,16?,18-,21?,24?/m0/s1. The maximum absolute atomic E-state index is 13.6. The van der Waals surface area contributed by atoms with E-state index in [1.807, 2.05) is 6.92 Å². The van der Waals surface area contributed by atoms with Gasteiger partial charge in [0.1, 0.15) is 17.7 Å². The van der Waals surface area contributed by atoms with Gasteiger partial charge in [0, 0.05) is 19.2 Å². The largest absolute Gasteiger partial charge is 0.446 e. The number of rotatable bonds is 3. The van der Waals surface area contributed by atoms with Crippen LogP contribution >= 0.6 is 0 Å². The lowest BCUT2D eigenvalue weighted by molar-refractivity contribution is -0.161. The van der Waals surface area contributed by atoms with Crippen LogP contribution in [0.2, 0.25) is 0 Å². The highest BCUT2D eigenvalue weighted by Gasteiger charge is 2.59. The van der Waals surface area contributed by atoms with E-state index in [-0.39, 0.29) is 47.2 Å². The number of ether oxygens (including phenoxy) is 1. The average molecular weight is 441 g/mol. The van der Waals surface area contributed by atoms with Crippen LogP contribution in [0.5, 0.6) is 0 Å². The fraction of sp³-hybridized carbons (Fsp3) is 0.625. The second-order valence-electron chi connectivity index (χ2n) is 10.5. The van der Waals surface area contributed by atoms with E-state index in [1.165, 1.54) is 12.1 Å². The highest BCUT2D eigenvalue weighted by atomic mass is 19.1. The van der Waals surface area contributed by atoms with Gasteiger partial charge in [0.2, 0.25) is 5.91 Å².